The van der Waals surface area contributed by atoms with E-state index in [1.165, 1.54) is 17.5 Å². The highest BCUT2D eigenvalue weighted by Crippen LogP contribution is 2.27. The van der Waals surface area contributed by atoms with Crippen LogP contribution < -0.4 is 11.1 Å². The topological polar surface area (TPSA) is 38.0 Å². The van der Waals surface area contributed by atoms with Gasteiger partial charge in [-0.15, -0.1) is 0 Å². The van der Waals surface area contributed by atoms with Crippen molar-refractivity contribution in [2.75, 3.05) is 11.1 Å². The number of benzene rings is 2. The van der Waals surface area contributed by atoms with Crippen LogP contribution in [0.4, 0.5) is 11.4 Å². The van der Waals surface area contributed by atoms with E-state index in [9.17, 15) is 0 Å². The second kappa shape index (κ2) is 4.96. The minimum atomic E-state index is 0.485. The van der Waals surface area contributed by atoms with Gasteiger partial charge in [-0.05, 0) is 48.9 Å². The van der Waals surface area contributed by atoms with Crippen LogP contribution in [0.3, 0.4) is 0 Å². The molecule has 0 aliphatic heterocycles. The molecule has 1 aliphatic carbocycles. The van der Waals surface area contributed by atoms with Crippen LogP contribution in [0.15, 0.2) is 42.5 Å². The summed E-state index contributed by atoms with van der Waals surface area (Å²) in [6, 6.07) is 15.4. The SMILES string of the molecule is Cc1cccc(NC2CCc3ccccc3C2)c1N. The Hall–Kier alpha value is -1.96. The largest absolute Gasteiger partial charge is 0.397 e. The van der Waals surface area contributed by atoms with Gasteiger partial charge in [0, 0.05) is 6.04 Å². The molecule has 0 aromatic heterocycles. The van der Waals surface area contributed by atoms with Gasteiger partial charge in [0.05, 0.1) is 11.4 Å². The van der Waals surface area contributed by atoms with Crippen molar-refractivity contribution in [1.29, 1.82) is 0 Å². The summed E-state index contributed by atoms with van der Waals surface area (Å²) in [6.07, 6.45) is 3.41. The van der Waals surface area contributed by atoms with Crippen molar-refractivity contribution in [3.05, 3.63) is 59.2 Å². The number of hydrogen-bond donors (Lipinski definition) is 2. The van der Waals surface area contributed by atoms with Gasteiger partial charge in [0.1, 0.15) is 0 Å². The van der Waals surface area contributed by atoms with E-state index in [2.05, 4.69) is 54.7 Å². The van der Waals surface area contributed by atoms with Crippen molar-refractivity contribution in [2.45, 2.75) is 32.2 Å². The molecule has 1 aliphatic rings. The number of fused-ring (bicyclic) bond motifs is 1. The fraction of sp³-hybridized carbons (Fsp3) is 0.294. The summed E-state index contributed by atoms with van der Waals surface area (Å²) in [5.41, 5.74) is 12.2. The van der Waals surface area contributed by atoms with Crippen molar-refractivity contribution in [3.63, 3.8) is 0 Å². The lowest BCUT2D eigenvalue weighted by Gasteiger charge is -2.27. The molecule has 1 unspecified atom stereocenters. The number of hydrogen-bond acceptors (Lipinski definition) is 2. The van der Waals surface area contributed by atoms with Crippen LogP contribution >= 0.6 is 0 Å². The van der Waals surface area contributed by atoms with E-state index in [1.807, 2.05) is 0 Å². The summed E-state index contributed by atoms with van der Waals surface area (Å²) in [5.74, 6) is 0. The van der Waals surface area contributed by atoms with E-state index in [1.54, 1.807) is 0 Å². The van der Waals surface area contributed by atoms with E-state index in [-0.39, 0.29) is 0 Å². The lowest BCUT2D eigenvalue weighted by atomic mass is 9.88. The molecule has 19 heavy (non-hydrogen) atoms. The Morgan fingerprint density at radius 2 is 1.84 bits per heavy atom. The van der Waals surface area contributed by atoms with Gasteiger partial charge in [-0.2, -0.15) is 0 Å². The molecule has 0 saturated carbocycles. The van der Waals surface area contributed by atoms with Crippen LogP contribution in [0.25, 0.3) is 0 Å². The molecule has 3 N–H and O–H groups in total. The first-order valence-electron chi connectivity index (χ1n) is 6.92. The summed E-state index contributed by atoms with van der Waals surface area (Å²) < 4.78 is 0. The second-order valence-corrected chi connectivity index (χ2v) is 5.39. The molecule has 2 heteroatoms. The zero-order valence-electron chi connectivity index (χ0n) is 11.3. The maximum Gasteiger partial charge on any atom is 0.0579 e. The summed E-state index contributed by atoms with van der Waals surface area (Å²) in [6.45, 7) is 2.05. The minimum Gasteiger partial charge on any atom is -0.397 e. The Morgan fingerprint density at radius 3 is 2.68 bits per heavy atom. The third kappa shape index (κ3) is 2.43. The lowest BCUT2D eigenvalue weighted by Crippen LogP contribution is -2.27. The molecule has 2 nitrogen and oxygen atoms in total. The fourth-order valence-electron chi connectivity index (χ4n) is 2.85. The number of nitrogens with two attached hydrogens (primary N) is 1. The van der Waals surface area contributed by atoms with Crippen LogP contribution in [0, 0.1) is 6.92 Å². The molecule has 0 fully saturated rings. The maximum absolute atomic E-state index is 6.13. The molecule has 0 spiro atoms. The van der Waals surface area contributed by atoms with Crippen molar-refractivity contribution in [1.82, 2.24) is 0 Å². The Balaban J connectivity index is 1.77. The zero-order chi connectivity index (χ0) is 13.2. The first kappa shape index (κ1) is 12.1. The Morgan fingerprint density at radius 1 is 1.05 bits per heavy atom. The molecular weight excluding hydrogens is 232 g/mol. The van der Waals surface area contributed by atoms with Gasteiger partial charge in [0.25, 0.3) is 0 Å². The third-order valence-corrected chi connectivity index (χ3v) is 4.03. The molecule has 0 bridgehead atoms. The lowest BCUT2D eigenvalue weighted by molar-refractivity contribution is 0.611. The first-order chi connectivity index (χ1) is 9.24. The Labute approximate surface area is 114 Å². The van der Waals surface area contributed by atoms with Gasteiger partial charge >= 0.3 is 0 Å². The molecule has 0 amide bonds. The third-order valence-electron chi connectivity index (χ3n) is 4.03. The van der Waals surface area contributed by atoms with E-state index in [0.29, 0.717) is 6.04 Å². The number of nitrogen functional groups attached to an aromatic ring is 1. The first-order valence-corrected chi connectivity index (χ1v) is 6.92. The van der Waals surface area contributed by atoms with Gasteiger partial charge in [0.2, 0.25) is 0 Å². The molecule has 0 saturated heterocycles. The molecule has 0 heterocycles. The quantitative estimate of drug-likeness (QED) is 0.802. The zero-order valence-corrected chi connectivity index (χ0v) is 11.3. The molecular formula is C17H20N2. The number of rotatable bonds is 2. The van der Waals surface area contributed by atoms with E-state index in [0.717, 1.165) is 29.8 Å². The number of anilines is 2. The summed E-state index contributed by atoms with van der Waals surface area (Å²) >= 11 is 0. The van der Waals surface area contributed by atoms with E-state index in [4.69, 9.17) is 5.73 Å². The minimum absolute atomic E-state index is 0.485. The van der Waals surface area contributed by atoms with Crippen molar-refractivity contribution in [3.8, 4) is 0 Å². The molecule has 2 aromatic rings. The Kier molecular flexibility index (Phi) is 3.16. The van der Waals surface area contributed by atoms with Crippen LogP contribution in [-0.2, 0) is 12.8 Å². The number of nitrogens with one attached hydrogen (secondary N) is 1. The van der Waals surface area contributed by atoms with Gasteiger partial charge in [-0.1, -0.05) is 36.4 Å². The van der Waals surface area contributed by atoms with Gasteiger partial charge < -0.3 is 11.1 Å². The van der Waals surface area contributed by atoms with E-state index < -0.39 is 0 Å². The average molecular weight is 252 g/mol. The maximum atomic E-state index is 6.13. The van der Waals surface area contributed by atoms with Gasteiger partial charge in [-0.3, -0.25) is 0 Å². The fourth-order valence-corrected chi connectivity index (χ4v) is 2.85. The molecule has 98 valence electrons. The van der Waals surface area contributed by atoms with Gasteiger partial charge in [0.15, 0.2) is 0 Å². The number of para-hydroxylation sites is 1. The average Bonchev–Trinajstić information content (AvgIpc) is 2.44. The molecule has 0 radical (unpaired) electrons. The summed E-state index contributed by atoms with van der Waals surface area (Å²) in [5, 5.41) is 3.61. The number of aryl methyl sites for hydroxylation is 2. The summed E-state index contributed by atoms with van der Waals surface area (Å²) in [7, 11) is 0. The monoisotopic (exact) mass is 252 g/mol. The predicted octanol–water partition coefficient (Wildman–Crippen LogP) is 3.55. The van der Waals surface area contributed by atoms with Gasteiger partial charge in [-0.25, -0.2) is 0 Å². The van der Waals surface area contributed by atoms with Crippen molar-refractivity contribution >= 4 is 11.4 Å². The second-order valence-electron chi connectivity index (χ2n) is 5.39. The highest BCUT2D eigenvalue weighted by atomic mass is 14.9. The Bertz CT molecular complexity index is 590. The highest BCUT2D eigenvalue weighted by Gasteiger charge is 2.18. The molecule has 3 rings (SSSR count). The van der Waals surface area contributed by atoms with Crippen molar-refractivity contribution in [2.24, 2.45) is 0 Å². The normalized spacial score (nSPS) is 17.8. The van der Waals surface area contributed by atoms with Crippen LogP contribution in [-0.4, -0.2) is 6.04 Å². The van der Waals surface area contributed by atoms with Crippen LogP contribution in [0.2, 0.25) is 0 Å². The molecule has 1 atom stereocenters. The smallest absolute Gasteiger partial charge is 0.0579 e. The predicted molar refractivity (Wildman–Crippen MR) is 81.5 cm³/mol. The van der Waals surface area contributed by atoms with Crippen LogP contribution in [0.5, 0.6) is 0 Å². The standard InChI is InChI=1S/C17H20N2/c1-12-5-4-8-16(17(12)18)19-15-10-9-13-6-2-3-7-14(13)11-15/h2-8,15,19H,9-11,18H2,1H3. The molecule has 2 aromatic carbocycles. The van der Waals surface area contributed by atoms with E-state index >= 15 is 0 Å². The highest BCUT2D eigenvalue weighted by molar-refractivity contribution is 5.70. The van der Waals surface area contributed by atoms with Crippen LogP contribution in [0.1, 0.15) is 23.1 Å². The van der Waals surface area contributed by atoms with Crippen molar-refractivity contribution < 1.29 is 0 Å². The summed E-state index contributed by atoms with van der Waals surface area (Å²) in [4.78, 5) is 0.